The van der Waals surface area contributed by atoms with E-state index in [-0.39, 0.29) is 5.82 Å². The van der Waals surface area contributed by atoms with Crippen molar-refractivity contribution in [3.05, 3.63) is 66.3 Å². The van der Waals surface area contributed by atoms with Gasteiger partial charge in [0.25, 0.3) is 0 Å². The van der Waals surface area contributed by atoms with Gasteiger partial charge < -0.3 is 4.57 Å². The van der Waals surface area contributed by atoms with Crippen LogP contribution in [0, 0.1) is 18.7 Å². The molecule has 3 heterocycles. The van der Waals surface area contributed by atoms with Crippen molar-refractivity contribution in [3.63, 3.8) is 0 Å². The lowest BCUT2D eigenvalue weighted by Gasteiger charge is -2.32. The molecule has 0 saturated carbocycles. The van der Waals surface area contributed by atoms with E-state index in [0.29, 0.717) is 5.92 Å². The van der Waals surface area contributed by atoms with E-state index in [9.17, 15) is 4.39 Å². The summed E-state index contributed by atoms with van der Waals surface area (Å²) in [6.45, 7) is 6.22. The molecule has 0 aliphatic carbocycles. The van der Waals surface area contributed by atoms with Gasteiger partial charge in [0.1, 0.15) is 11.6 Å². The van der Waals surface area contributed by atoms with Crippen molar-refractivity contribution in [2.45, 2.75) is 32.9 Å². The fourth-order valence-corrected chi connectivity index (χ4v) is 3.75. The summed E-state index contributed by atoms with van der Waals surface area (Å²) in [5.41, 5.74) is 2.07. The van der Waals surface area contributed by atoms with Crippen molar-refractivity contribution < 1.29 is 4.39 Å². The maximum atomic E-state index is 13.1. The standard InChI is InChI=1S/C20H24FN5/c1-16-22-8-10-25(16)14-17-3-2-9-24(12-17)13-18-11-23-26(15-18)20-6-4-19(21)5-7-20/h4-8,10-11,15,17H,2-3,9,12-14H2,1H3/t17-/m1/s1. The van der Waals surface area contributed by atoms with Crippen LogP contribution in [-0.4, -0.2) is 37.3 Å². The van der Waals surface area contributed by atoms with Crippen LogP contribution < -0.4 is 0 Å². The van der Waals surface area contributed by atoms with E-state index < -0.39 is 0 Å². The van der Waals surface area contributed by atoms with Gasteiger partial charge in [0.2, 0.25) is 0 Å². The first-order valence-corrected chi connectivity index (χ1v) is 9.17. The van der Waals surface area contributed by atoms with Crippen LogP contribution in [0.2, 0.25) is 0 Å². The molecule has 5 nitrogen and oxygen atoms in total. The van der Waals surface area contributed by atoms with E-state index in [1.807, 2.05) is 23.3 Å². The molecule has 2 aromatic heterocycles. The fraction of sp³-hybridized carbons (Fsp3) is 0.400. The second-order valence-electron chi connectivity index (χ2n) is 7.14. The Balaban J connectivity index is 1.38. The first kappa shape index (κ1) is 17.0. The summed E-state index contributed by atoms with van der Waals surface area (Å²) in [7, 11) is 0. The minimum atomic E-state index is -0.228. The van der Waals surface area contributed by atoms with E-state index in [1.54, 1.807) is 12.1 Å². The average Bonchev–Trinajstić information content (AvgIpc) is 3.26. The van der Waals surface area contributed by atoms with Crippen molar-refractivity contribution >= 4 is 0 Å². The van der Waals surface area contributed by atoms with Gasteiger partial charge in [-0.25, -0.2) is 14.1 Å². The van der Waals surface area contributed by atoms with E-state index >= 15 is 0 Å². The number of halogens is 1. The summed E-state index contributed by atoms with van der Waals surface area (Å²) in [5.74, 6) is 1.51. The monoisotopic (exact) mass is 353 g/mol. The van der Waals surface area contributed by atoms with Crippen molar-refractivity contribution in [2.75, 3.05) is 13.1 Å². The Kier molecular flexibility index (Phi) is 4.84. The number of likely N-dealkylation sites (tertiary alicyclic amines) is 1. The smallest absolute Gasteiger partial charge is 0.123 e. The molecule has 0 unspecified atom stereocenters. The van der Waals surface area contributed by atoms with Crippen LogP contribution in [0.25, 0.3) is 5.69 Å². The number of aromatic nitrogens is 4. The molecule has 1 aliphatic heterocycles. The zero-order valence-corrected chi connectivity index (χ0v) is 15.1. The van der Waals surface area contributed by atoms with Crippen LogP contribution in [0.3, 0.4) is 0 Å². The van der Waals surface area contributed by atoms with Gasteiger partial charge in [0, 0.05) is 43.8 Å². The molecule has 0 spiro atoms. The van der Waals surface area contributed by atoms with Crippen LogP contribution in [-0.2, 0) is 13.1 Å². The van der Waals surface area contributed by atoms with Gasteiger partial charge in [-0.2, -0.15) is 5.10 Å². The van der Waals surface area contributed by atoms with Gasteiger partial charge in [-0.1, -0.05) is 0 Å². The quantitative estimate of drug-likeness (QED) is 0.705. The normalized spacial score (nSPS) is 18.3. The topological polar surface area (TPSA) is 38.9 Å². The van der Waals surface area contributed by atoms with Crippen molar-refractivity contribution in [1.82, 2.24) is 24.2 Å². The van der Waals surface area contributed by atoms with E-state index in [4.69, 9.17) is 0 Å². The number of rotatable bonds is 5. The first-order valence-electron chi connectivity index (χ1n) is 9.17. The Labute approximate surface area is 153 Å². The number of benzene rings is 1. The van der Waals surface area contributed by atoms with E-state index in [1.165, 1.54) is 30.5 Å². The van der Waals surface area contributed by atoms with Gasteiger partial charge >= 0.3 is 0 Å². The molecule has 1 fully saturated rings. The molecule has 1 aromatic carbocycles. The highest BCUT2D eigenvalue weighted by Gasteiger charge is 2.21. The molecule has 1 atom stereocenters. The zero-order valence-electron chi connectivity index (χ0n) is 15.1. The third-order valence-electron chi connectivity index (χ3n) is 5.12. The number of aryl methyl sites for hydroxylation is 1. The highest BCUT2D eigenvalue weighted by molar-refractivity contribution is 5.31. The molecule has 136 valence electrons. The lowest BCUT2D eigenvalue weighted by Crippen LogP contribution is -2.36. The Bertz CT molecular complexity index is 851. The Hall–Kier alpha value is -2.47. The Morgan fingerprint density at radius 2 is 2.08 bits per heavy atom. The zero-order chi connectivity index (χ0) is 17.9. The summed E-state index contributed by atoms with van der Waals surface area (Å²) < 4.78 is 17.1. The predicted molar refractivity (Wildman–Crippen MR) is 98.5 cm³/mol. The molecule has 0 bridgehead atoms. The Morgan fingerprint density at radius 1 is 1.23 bits per heavy atom. The molecule has 1 aliphatic rings. The van der Waals surface area contributed by atoms with Crippen molar-refractivity contribution in [3.8, 4) is 5.69 Å². The van der Waals surface area contributed by atoms with E-state index in [0.717, 1.165) is 37.7 Å². The van der Waals surface area contributed by atoms with Crippen LogP contribution in [0.15, 0.2) is 49.1 Å². The van der Waals surface area contributed by atoms with Crippen LogP contribution in [0.4, 0.5) is 4.39 Å². The minimum Gasteiger partial charge on any atom is -0.335 e. The first-order chi connectivity index (χ1) is 12.7. The molecule has 1 saturated heterocycles. The molecule has 0 radical (unpaired) electrons. The Morgan fingerprint density at radius 3 is 2.85 bits per heavy atom. The molecule has 6 heteroatoms. The highest BCUT2D eigenvalue weighted by Crippen LogP contribution is 2.21. The predicted octanol–water partition coefficient (Wildman–Crippen LogP) is 3.43. The summed E-state index contributed by atoms with van der Waals surface area (Å²) >= 11 is 0. The number of hydrogen-bond donors (Lipinski definition) is 0. The summed E-state index contributed by atoms with van der Waals surface area (Å²) in [6, 6.07) is 6.42. The van der Waals surface area contributed by atoms with Gasteiger partial charge in [0.15, 0.2) is 0 Å². The maximum absolute atomic E-state index is 13.1. The number of imidazole rings is 1. The third kappa shape index (κ3) is 3.85. The van der Waals surface area contributed by atoms with Gasteiger partial charge in [-0.3, -0.25) is 4.90 Å². The van der Waals surface area contributed by atoms with Crippen LogP contribution in [0.5, 0.6) is 0 Å². The molecule has 4 rings (SSSR count). The largest absolute Gasteiger partial charge is 0.335 e. The average molecular weight is 353 g/mol. The van der Waals surface area contributed by atoms with Crippen molar-refractivity contribution in [2.24, 2.45) is 5.92 Å². The van der Waals surface area contributed by atoms with Crippen LogP contribution >= 0.6 is 0 Å². The molecular formula is C20H24FN5. The molecule has 26 heavy (non-hydrogen) atoms. The lowest BCUT2D eigenvalue weighted by atomic mass is 9.97. The minimum absolute atomic E-state index is 0.228. The number of piperidine rings is 1. The second-order valence-corrected chi connectivity index (χ2v) is 7.14. The van der Waals surface area contributed by atoms with E-state index in [2.05, 4.69) is 32.7 Å². The van der Waals surface area contributed by atoms with Crippen LogP contribution in [0.1, 0.15) is 24.2 Å². The molecule has 3 aromatic rings. The second kappa shape index (κ2) is 7.41. The van der Waals surface area contributed by atoms with Gasteiger partial charge in [-0.15, -0.1) is 0 Å². The number of nitrogens with zero attached hydrogens (tertiary/aromatic N) is 5. The third-order valence-corrected chi connectivity index (χ3v) is 5.12. The molecule has 0 amide bonds. The highest BCUT2D eigenvalue weighted by atomic mass is 19.1. The lowest BCUT2D eigenvalue weighted by molar-refractivity contribution is 0.155. The number of hydrogen-bond acceptors (Lipinski definition) is 3. The SMILES string of the molecule is Cc1nccn1C[C@@H]1CCCN(Cc2cnn(-c3ccc(F)cc3)c2)C1. The molecular weight excluding hydrogens is 329 g/mol. The maximum Gasteiger partial charge on any atom is 0.123 e. The fourth-order valence-electron chi connectivity index (χ4n) is 3.75. The summed E-state index contributed by atoms with van der Waals surface area (Å²) in [5, 5.41) is 4.43. The van der Waals surface area contributed by atoms with Gasteiger partial charge in [-0.05, 0) is 56.5 Å². The van der Waals surface area contributed by atoms with Crippen molar-refractivity contribution in [1.29, 1.82) is 0 Å². The summed E-state index contributed by atoms with van der Waals surface area (Å²) in [6.07, 6.45) is 10.4. The van der Waals surface area contributed by atoms with Gasteiger partial charge in [0.05, 0.1) is 11.9 Å². The molecule has 0 N–H and O–H groups in total. The summed E-state index contributed by atoms with van der Waals surface area (Å²) in [4.78, 5) is 6.83.